The van der Waals surface area contributed by atoms with Crippen molar-refractivity contribution >= 4 is 21.1 Å². The number of unbranched alkanes of at least 4 members (excludes halogenated alkanes) is 1. The molecule has 0 aliphatic carbocycles. The number of hydrogen-bond acceptors (Lipinski definition) is 1. The molecule has 0 saturated heterocycles. The van der Waals surface area contributed by atoms with Crippen molar-refractivity contribution in [2.24, 2.45) is 0 Å². The van der Waals surface area contributed by atoms with Crippen molar-refractivity contribution < 1.29 is 4.52 Å². The number of halogens is 1. The lowest BCUT2D eigenvalue weighted by molar-refractivity contribution is 0.361. The Labute approximate surface area is 51.7 Å². The third kappa shape index (κ3) is 6.68. The summed E-state index contributed by atoms with van der Waals surface area (Å²) in [6.07, 6.45) is 2.11. The lowest BCUT2D eigenvalue weighted by Crippen LogP contribution is -1.83. The number of rotatable bonds is 4. The first-order valence-corrected chi connectivity index (χ1v) is 3.30. The molecule has 0 radical (unpaired) electrons. The van der Waals surface area contributed by atoms with Crippen molar-refractivity contribution in [3.63, 3.8) is 0 Å². The average Bonchev–Trinajstić information content (AvgIpc) is 1.69. The fraction of sp³-hybridized carbons (Fsp3) is 1.00. The molecule has 0 saturated carbocycles. The van der Waals surface area contributed by atoms with Gasteiger partial charge in [0.15, 0.2) is 0 Å². The maximum atomic E-state index is 5.37. The molecule has 7 heavy (non-hydrogen) atoms. The highest BCUT2D eigenvalue weighted by molar-refractivity contribution is 7.09. The molecule has 0 N–H and O–H groups in total. The first kappa shape index (κ1) is 7.68. The average molecular weight is 141 g/mol. The van der Waals surface area contributed by atoms with Gasteiger partial charge in [0.05, 0.1) is 6.61 Å². The van der Waals surface area contributed by atoms with Crippen LogP contribution < -0.4 is 0 Å². The maximum Gasteiger partial charge on any atom is 0.0502 e. The summed E-state index contributed by atoms with van der Waals surface area (Å²) in [4.78, 5) is 0. The van der Waals surface area contributed by atoms with Crippen LogP contribution in [0, 0.1) is 0 Å². The summed E-state index contributed by atoms with van der Waals surface area (Å²) in [5, 5.41) is 0. The first-order valence-electron chi connectivity index (χ1n) is 2.29. The predicted octanol–water partition coefficient (Wildman–Crippen LogP) is 1.81. The molecule has 0 fully saturated rings. The SMILES string of the molecule is POCCCCCl. The van der Waals surface area contributed by atoms with Gasteiger partial charge in [0, 0.05) is 15.3 Å². The van der Waals surface area contributed by atoms with E-state index in [0.717, 1.165) is 25.3 Å². The smallest absolute Gasteiger partial charge is 0.0502 e. The highest BCUT2D eigenvalue weighted by Gasteiger charge is 1.81. The second-order valence-electron chi connectivity index (χ2n) is 1.27. The van der Waals surface area contributed by atoms with Gasteiger partial charge in [-0.1, -0.05) is 0 Å². The Hall–Kier alpha value is 0.680. The van der Waals surface area contributed by atoms with Gasteiger partial charge in [0.25, 0.3) is 0 Å². The van der Waals surface area contributed by atoms with Crippen LogP contribution in [-0.2, 0) is 4.52 Å². The van der Waals surface area contributed by atoms with Crippen molar-refractivity contribution in [3.8, 4) is 0 Å². The Morgan fingerprint density at radius 2 is 2.14 bits per heavy atom. The predicted molar refractivity (Wildman–Crippen MR) is 35.6 cm³/mol. The zero-order valence-corrected chi connectivity index (χ0v) is 6.10. The third-order valence-electron chi connectivity index (χ3n) is 0.646. The molecule has 0 aliphatic heterocycles. The van der Waals surface area contributed by atoms with E-state index in [0.29, 0.717) is 0 Å². The molecule has 1 nitrogen and oxygen atoms in total. The summed E-state index contributed by atoms with van der Waals surface area (Å²) in [6, 6.07) is 0. The van der Waals surface area contributed by atoms with Crippen LogP contribution in [0.2, 0.25) is 0 Å². The molecule has 0 heterocycles. The van der Waals surface area contributed by atoms with E-state index in [9.17, 15) is 0 Å². The van der Waals surface area contributed by atoms with Crippen molar-refractivity contribution in [2.75, 3.05) is 12.5 Å². The molecule has 0 aromatic carbocycles. The molecule has 1 atom stereocenters. The lowest BCUT2D eigenvalue weighted by atomic mass is 10.4. The van der Waals surface area contributed by atoms with E-state index < -0.39 is 0 Å². The van der Waals surface area contributed by atoms with Gasteiger partial charge < -0.3 is 4.52 Å². The molecule has 0 rings (SSSR count). The van der Waals surface area contributed by atoms with Crippen LogP contribution in [0.25, 0.3) is 0 Å². The fourth-order valence-electron chi connectivity index (χ4n) is 0.280. The minimum atomic E-state index is 0.744. The van der Waals surface area contributed by atoms with Gasteiger partial charge in [-0.05, 0) is 12.8 Å². The molecular formula is C4H10ClOP. The molecule has 44 valence electrons. The zero-order valence-electron chi connectivity index (χ0n) is 4.19. The third-order valence-corrected chi connectivity index (χ3v) is 1.15. The Balaban J connectivity index is 2.45. The van der Waals surface area contributed by atoms with E-state index in [1.54, 1.807) is 0 Å². The van der Waals surface area contributed by atoms with Crippen molar-refractivity contribution in [3.05, 3.63) is 0 Å². The van der Waals surface area contributed by atoms with Gasteiger partial charge in [-0.15, -0.1) is 11.6 Å². The van der Waals surface area contributed by atoms with Gasteiger partial charge >= 0.3 is 0 Å². The van der Waals surface area contributed by atoms with E-state index in [1.165, 1.54) is 0 Å². The van der Waals surface area contributed by atoms with Crippen molar-refractivity contribution in [2.45, 2.75) is 12.8 Å². The standard InChI is InChI=1S/C4H10ClOP/c5-3-1-2-4-6-7/h1-4,7H2. The summed E-state index contributed by atoms with van der Waals surface area (Å²) in [5.74, 6) is 0.744. The van der Waals surface area contributed by atoms with Gasteiger partial charge in [-0.2, -0.15) is 0 Å². The molecule has 0 aromatic rings. The number of hydrogen-bond donors (Lipinski definition) is 0. The highest BCUT2D eigenvalue weighted by atomic mass is 35.5. The normalized spacial score (nSPS) is 9.43. The minimum Gasteiger partial charge on any atom is -0.366 e. The highest BCUT2D eigenvalue weighted by Crippen LogP contribution is 1.94. The van der Waals surface area contributed by atoms with Crippen LogP contribution in [-0.4, -0.2) is 12.5 Å². The summed E-state index contributed by atoms with van der Waals surface area (Å²) < 4.78 is 4.70. The van der Waals surface area contributed by atoms with Crippen molar-refractivity contribution in [1.82, 2.24) is 0 Å². The topological polar surface area (TPSA) is 9.23 Å². The summed E-state index contributed by atoms with van der Waals surface area (Å²) >= 11 is 5.37. The second kappa shape index (κ2) is 6.68. The second-order valence-corrected chi connectivity index (χ2v) is 1.98. The van der Waals surface area contributed by atoms with E-state index in [2.05, 4.69) is 9.47 Å². The quantitative estimate of drug-likeness (QED) is 0.329. The van der Waals surface area contributed by atoms with Crippen LogP contribution in [0.3, 0.4) is 0 Å². The summed E-state index contributed by atoms with van der Waals surface area (Å²) in [6.45, 7) is 0.803. The molecule has 0 aliphatic rings. The molecule has 0 bridgehead atoms. The summed E-state index contributed by atoms with van der Waals surface area (Å²) in [5.41, 5.74) is 0. The molecule has 3 heteroatoms. The molecule has 0 spiro atoms. The van der Waals surface area contributed by atoms with Gasteiger partial charge in [0.1, 0.15) is 0 Å². The molecule has 1 unspecified atom stereocenters. The maximum absolute atomic E-state index is 5.37. The monoisotopic (exact) mass is 140 g/mol. The van der Waals surface area contributed by atoms with Crippen LogP contribution in [0.4, 0.5) is 0 Å². The van der Waals surface area contributed by atoms with E-state index in [1.807, 2.05) is 0 Å². The molecule has 0 amide bonds. The lowest BCUT2D eigenvalue weighted by Gasteiger charge is -1.91. The van der Waals surface area contributed by atoms with Gasteiger partial charge in [-0.3, -0.25) is 0 Å². The zero-order chi connectivity index (χ0) is 5.54. The minimum absolute atomic E-state index is 0.744. The summed E-state index contributed by atoms with van der Waals surface area (Å²) in [7, 11) is 2.21. The largest absolute Gasteiger partial charge is 0.366 e. The van der Waals surface area contributed by atoms with E-state index in [-0.39, 0.29) is 0 Å². The molecular weight excluding hydrogens is 130 g/mol. The van der Waals surface area contributed by atoms with Crippen molar-refractivity contribution in [1.29, 1.82) is 0 Å². The Kier molecular flexibility index (Phi) is 7.33. The van der Waals surface area contributed by atoms with Crippen LogP contribution in [0.1, 0.15) is 12.8 Å². The van der Waals surface area contributed by atoms with Crippen LogP contribution >= 0.6 is 21.1 Å². The Morgan fingerprint density at radius 3 is 2.57 bits per heavy atom. The first-order chi connectivity index (χ1) is 3.41. The molecule has 0 aromatic heterocycles. The van der Waals surface area contributed by atoms with Crippen LogP contribution in [0.5, 0.6) is 0 Å². The number of alkyl halides is 1. The Morgan fingerprint density at radius 1 is 1.43 bits per heavy atom. The van der Waals surface area contributed by atoms with E-state index >= 15 is 0 Å². The van der Waals surface area contributed by atoms with Crippen LogP contribution in [0.15, 0.2) is 0 Å². The fourth-order valence-corrected chi connectivity index (χ4v) is 0.636. The van der Waals surface area contributed by atoms with E-state index in [4.69, 9.17) is 16.1 Å². The Bertz CT molecular complexity index is 30.9. The van der Waals surface area contributed by atoms with Gasteiger partial charge in [0.2, 0.25) is 0 Å². The van der Waals surface area contributed by atoms with Gasteiger partial charge in [-0.25, -0.2) is 0 Å².